The number of aromatic nitrogens is 1. The lowest BCUT2D eigenvalue weighted by Gasteiger charge is -2.30. The molecule has 3 aromatic rings. The maximum absolute atomic E-state index is 13.5. The number of carbonyl (C=O) groups is 1. The number of nitrogens with zero attached hydrogens (tertiary/aromatic N) is 2. The zero-order valence-corrected chi connectivity index (χ0v) is 22.6. The number of carbonyl (C=O) groups excluding carboxylic acids is 1. The highest BCUT2D eigenvalue weighted by Crippen LogP contribution is 2.20. The molecule has 9 nitrogen and oxygen atoms in total. The predicted octanol–water partition coefficient (Wildman–Crippen LogP) is 2.77. The second-order valence-electron chi connectivity index (χ2n) is 9.53. The van der Waals surface area contributed by atoms with E-state index in [9.17, 15) is 23.4 Å². The first-order valence-electron chi connectivity index (χ1n) is 12.4. The van der Waals surface area contributed by atoms with Crippen LogP contribution < -0.4 is 10.1 Å². The van der Waals surface area contributed by atoms with Crippen LogP contribution in [0.3, 0.4) is 0 Å². The first-order chi connectivity index (χ1) is 18.1. The molecule has 0 bridgehead atoms. The number of sulfonamides is 1. The molecule has 38 heavy (non-hydrogen) atoms. The van der Waals surface area contributed by atoms with Gasteiger partial charge in [-0.05, 0) is 41.7 Å². The topological polar surface area (TPSA) is 129 Å². The van der Waals surface area contributed by atoms with Gasteiger partial charge in [0.2, 0.25) is 21.8 Å². The van der Waals surface area contributed by atoms with Crippen molar-refractivity contribution < 1.29 is 28.2 Å². The summed E-state index contributed by atoms with van der Waals surface area (Å²) >= 11 is 0. The third-order valence-electron chi connectivity index (χ3n) is 5.93. The summed E-state index contributed by atoms with van der Waals surface area (Å²) in [5.74, 6) is 0.0526. The quantitative estimate of drug-likeness (QED) is 0.303. The summed E-state index contributed by atoms with van der Waals surface area (Å²) in [7, 11) is -2.54. The summed E-state index contributed by atoms with van der Waals surface area (Å²) in [4.78, 5) is 16.9. The Morgan fingerprint density at radius 3 is 2.26 bits per heavy atom. The van der Waals surface area contributed by atoms with Crippen LogP contribution in [0.25, 0.3) is 0 Å². The third kappa shape index (κ3) is 8.27. The fourth-order valence-electron chi connectivity index (χ4n) is 4.01. The number of aliphatic hydroxyl groups is 1. The van der Waals surface area contributed by atoms with Gasteiger partial charge in [0.15, 0.2) is 0 Å². The molecule has 0 radical (unpaired) electrons. The van der Waals surface area contributed by atoms with Crippen LogP contribution in [0.2, 0.25) is 0 Å². The van der Waals surface area contributed by atoms with Crippen LogP contribution >= 0.6 is 0 Å². The van der Waals surface area contributed by atoms with Gasteiger partial charge in [-0.25, -0.2) is 13.4 Å². The van der Waals surface area contributed by atoms with Crippen LogP contribution in [0.15, 0.2) is 77.8 Å². The number of hydrogen-bond acceptors (Lipinski definition) is 7. The molecule has 0 saturated heterocycles. The van der Waals surface area contributed by atoms with Crippen molar-refractivity contribution >= 4 is 15.9 Å². The summed E-state index contributed by atoms with van der Waals surface area (Å²) in [6.07, 6.45) is 0.389. The fourth-order valence-corrected chi connectivity index (χ4v) is 5.58. The molecule has 0 saturated carbocycles. The molecule has 2 atom stereocenters. The molecular weight excluding hydrogens is 506 g/mol. The molecule has 3 rings (SSSR count). The zero-order valence-electron chi connectivity index (χ0n) is 21.8. The van der Waals surface area contributed by atoms with Crippen molar-refractivity contribution in [3.05, 3.63) is 84.1 Å². The average Bonchev–Trinajstić information content (AvgIpc) is 2.89. The Morgan fingerprint density at radius 1 is 1.00 bits per heavy atom. The lowest BCUT2D eigenvalue weighted by atomic mass is 10.00. The van der Waals surface area contributed by atoms with E-state index in [1.54, 1.807) is 12.1 Å². The van der Waals surface area contributed by atoms with Gasteiger partial charge >= 0.3 is 0 Å². The van der Waals surface area contributed by atoms with Gasteiger partial charge in [0.25, 0.3) is 0 Å². The normalized spacial score (nSPS) is 13.3. The number of amides is 1. The third-order valence-corrected chi connectivity index (χ3v) is 7.74. The van der Waals surface area contributed by atoms with Crippen LogP contribution in [0.1, 0.15) is 25.0 Å². The van der Waals surface area contributed by atoms with E-state index in [2.05, 4.69) is 10.3 Å². The van der Waals surface area contributed by atoms with Gasteiger partial charge in [-0.1, -0.05) is 56.3 Å². The Balaban J connectivity index is 1.83. The number of ether oxygens (including phenoxy) is 1. The summed E-state index contributed by atoms with van der Waals surface area (Å²) in [5, 5.41) is 23.7. The van der Waals surface area contributed by atoms with Crippen molar-refractivity contribution in [2.45, 2.75) is 43.7 Å². The molecule has 3 N–H and O–H groups in total. The van der Waals surface area contributed by atoms with E-state index in [0.29, 0.717) is 17.9 Å². The number of phenols is 1. The summed E-state index contributed by atoms with van der Waals surface area (Å²) in [5.41, 5.74) is 1.59. The SMILES string of the molecule is COc1ccc(S(=O)(=O)N(CC(C)C)C[C@@H](O)[C@H](Cc2ccccc2)NC(=O)Cc2ccc(O)cc2)cn1. The highest BCUT2D eigenvalue weighted by Gasteiger charge is 2.31. The molecule has 0 fully saturated rings. The lowest BCUT2D eigenvalue weighted by Crippen LogP contribution is -2.51. The fraction of sp³-hybridized carbons (Fsp3) is 0.357. The Bertz CT molecular complexity index is 1270. The number of benzene rings is 2. The van der Waals surface area contributed by atoms with Crippen LogP contribution in [0, 0.1) is 5.92 Å². The van der Waals surface area contributed by atoms with Gasteiger partial charge in [-0.15, -0.1) is 0 Å². The highest BCUT2D eigenvalue weighted by atomic mass is 32.2. The second-order valence-corrected chi connectivity index (χ2v) is 11.5. The molecule has 10 heteroatoms. The maximum Gasteiger partial charge on any atom is 0.244 e. The van der Waals surface area contributed by atoms with E-state index in [0.717, 1.165) is 5.56 Å². The molecule has 2 aromatic carbocycles. The Kier molecular flexibility index (Phi) is 10.2. The minimum atomic E-state index is -3.98. The molecule has 0 aliphatic heterocycles. The minimum Gasteiger partial charge on any atom is -0.508 e. The Morgan fingerprint density at radius 2 is 1.68 bits per heavy atom. The van der Waals surface area contributed by atoms with Crippen LogP contribution in [0.5, 0.6) is 11.6 Å². The van der Waals surface area contributed by atoms with Gasteiger partial charge in [0.05, 0.1) is 31.9 Å². The van der Waals surface area contributed by atoms with Crippen molar-refractivity contribution in [2.24, 2.45) is 5.92 Å². The monoisotopic (exact) mass is 541 g/mol. The predicted molar refractivity (Wildman–Crippen MR) is 144 cm³/mol. The number of aliphatic hydroxyl groups excluding tert-OH is 1. The van der Waals surface area contributed by atoms with Crippen LogP contribution in [-0.2, 0) is 27.7 Å². The number of nitrogens with one attached hydrogen (secondary N) is 1. The first kappa shape index (κ1) is 29.1. The number of hydrogen-bond donors (Lipinski definition) is 3. The van der Waals surface area contributed by atoms with E-state index in [1.165, 1.54) is 41.9 Å². The number of aromatic hydroxyl groups is 1. The van der Waals surface area contributed by atoms with Gasteiger partial charge in [0, 0.05) is 19.2 Å². The Hall–Kier alpha value is -3.47. The van der Waals surface area contributed by atoms with Crippen molar-refractivity contribution in [1.29, 1.82) is 0 Å². The van der Waals surface area contributed by atoms with Gasteiger partial charge < -0.3 is 20.3 Å². The van der Waals surface area contributed by atoms with Crippen molar-refractivity contribution in [2.75, 3.05) is 20.2 Å². The molecule has 1 heterocycles. The first-order valence-corrected chi connectivity index (χ1v) is 13.8. The molecule has 0 aliphatic carbocycles. The van der Waals surface area contributed by atoms with E-state index < -0.39 is 22.2 Å². The maximum atomic E-state index is 13.5. The van der Waals surface area contributed by atoms with E-state index in [4.69, 9.17) is 4.74 Å². The van der Waals surface area contributed by atoms with Gasteiger partial charge in [0.1, 0.15) is 10.6 Å². The number of phenolic OH excluding ortho intramolecular Hbond substituents is 1. The number of rotatable bonds is 13. The summed E-state index contributed by atoms with van der Waals surface area (Å²) in [6, 6.07) is 17.8. The molecule has 1 aromatic heterocycles. The average molecular weight is 542 g/mol. The van der Waals surface area contributed by atoms with Crippen LogP contribution in [0.4, 0.5) is 0 Å². The van der Waals surface area contributed by atoms with Crippen molar-refractivity contribution in [3.63, 3.8) is 0 Å². The van der Waals surface area contributed by atoms with Gasteiger partial charge in [-0.2, -0.15) is 4.31 Å². The number of methoxy groups -OCH3 is 1. The van der Waals surface area contributed by atoms with E-state index in [1.807, 2.05) is 44.2 Å². The molecule has 0 unspecified atom stereocenters. The van der Waals surface area contributed by atoms with Crippen molar-refractivity contribution in [3.8, 4) is 11.6 Å². The summed E-state index contributed by atoms with van der Waals surface area (Å²) in [6.45, 7) is 3.73. The van der Waals surface area contributed by atoms with Crippen LogP contribution in [-0.4, -0.2) is 66.2 Å². The van der Waals surface area contributed by atoms with E-state index in [-0.39, 0.29) is 42.0 Å². The smallest absolute Gasteiger partial charge is 0.244 e. The van der Waals surface area contributed by atoms with Crippen molar-refractivity contribution in [1.82, 2.24) is 14.6 Å². The molecule has 0 aliphatic rings. The van der Waals surface area contributed by atoms with E-state index >= 15 is 0 Å². The largest absolute Gasteiger partial charge is 0.508 e. The van der Waals surface area contributed by atoms with Gasteiger partial charge in [-0.3, -0.25) is 4.79 Å². The highest BCUT2D eigenvalue weighted by molar-refractivity contribution is 7.89. The molecule has 1 amide bonds. The standard InChI is InChI=1S/C28H35N3O6S/c1-20(2)18-31(38(35,36)24-13-14-28(37-3)29-17-24)19-26(33)25(15-21-7-5-4-6-8-21)30-27(34)16-22-9-11-23(32)12-10-22/h4-14,17,20,25-26,32-33H,15-16,18-19H2,1-3H3,(H,30,34)/t25-,26+/m0/s1. The minimum absolute atomic E-state index is 0.0119. The zero-order chi connectivity index (χ0) is 27.7. The molecule has 0 spiro atoms. The number of pyridine rings is 1. The molecule has 204 valence electrons. The lowest BCUT2D eigenvalue weighted by molar-refractivity contribution is -0.122. The summed E-state index contributed by atoms with van der Waals surface area (Å²) < 4.78 is 33.3. The molecular formula is C28H35N3O6S. The Labute approximate surface area is 224 Å². The second kappa shape index (κ2) is 13.4.